The van der Waals surface area contributed by atoms with Crippen LogP contribution in [-0.4, -0.2) is 33.2 Å². The van der Waals surface area contributed by atoms with Crippen LogP contribution in [0.25, 0.3) is 0 Å². The van der Waals surface area contributed by atoms with Crippen molar-refractivity contribution in [2.75, 3.05) is 0 Å². The van der Waals surface area contributed by atoms with Gasteiger partial charge in [-0.25, -0.2) is 9.59 Å². The highest BCUT2D eigenvalue weighted by Crippen LogP contribution is 2.15. The van der Waals surface area contributed by atoms with E-state index in [1.807, 2.05) is 0 Å². The average molecular weight is 202 g/mol. The van der Waals surface area contributed by atoms with Crippen molar-refractivity contribution < 1.29 is 19.8 Å². The maximum atomic E-state index is 10.6. The highest BCUT2D eigenvalue weighted by molar-refractivity contribution is 5.79. The second-order valence-electron chi connectivity index (χ2n) is 3.93. The molecule has 0 saturated carbocycles. The second-order valence-corrected chi connectivity index (χ2v) is 3.93. The summed E-state index contributed by atoms with van der Waals surface area (Å²) in [6.45, 7) is 5.38. The van der Waals surface area contributed by atoms with Crippen molar-refractivity contribution in [2.45, 2.75) is 38.8 Å². The van der Waals surface area contributed by atoms with E-state index in [-0.39, 0.29) is 0 Å². The topological polar surface area (TPSA) is 99.3 Å². The molecule has 2 N–H and O–H groups in total. The number of carbonyl (C=O) groups is 2. The number of aliphatic carboxylic acids is 2. The lowest BCUT2D eigenvalue weighted by Gasteiger charge is -2.16. The van der Waals surface area contributed by atoms with Crippen LogP contribution < -0.4 is 0 Å². The number of nitrogens with zero attached hydrogens (tertiary/aromatic N) is 2. The number of rotatable bonds is 4. The van der Waals surface area contributed by atoms with E-state index in [4.69, 9.17) is 10.2 Å². The molecule has 0 unspecified atom stereocenters. The van der Waals surface area contributed by atoms with E-state index in [0.717, 1.165) is 0 Å². The Morgan fingerprint density at radius 2 is 1.07 bits per heavy atom. The van der Waals surface area contributed by atoms with Crippen molar-refractivity contribution in [3.05, 3.63) is 0 Å². The maximum absolute atomic E-state index is 10.6. The number of hydrogen-bond donors (Lipinski definition) is 2. The van der Waals surface area contributed by atoms with E-state index in [0.29, 0.717) is 0 Å². The minimum absolute atomic E-state index is 1.15. The number of carboxylic acid groups (broad SMARTS) is 2. The summed E-state index contributed by atoms with van der Waals surface area (Å²) in [6.07, 6.45) is 0. The molecule has 0 aromatic heterocycles. The van der Waals surface area contributed by atoms with Gasteiger partial charge >= 0.3 is 11.9 Å². The van der Waals surface area contributed by atoms with Gasteiger partial charge in [0.2, 0.25) is 0 Å². The third kappa shape index (κ3) is 3.12. The molecule has 0 fully saturated rings. The Labute approximate surface area is 81.7 Å². The Morgan fingerprint density at radius 1 is 0.857 bits per heavy atom. The molecule has 80 valence electrons. The zero-order chi connectivity index (χ0) is 11.6. The molecule has 6 heteroatoms. The molecular formula is C8H14N2O4. The Balaban J connectivity index is 4.76. The molecule has 0 rings (SSSR count). The van der Waals surface area contributed by atoms with Crippen LogP contribution in [0.2, 0.25) is 0 Å². The van der Waals surface area contributed by atoms with Crippen molar-refractivity contribution in [1.29, 1.82) is 0 Å². The Hall–Kier alpha value is -1.46. The average Bonchev–Trinajstić information content (AvgIpc) is 2.01. The van der Waals surface area contributed by atoms with E-state index in [2.05, 4.69) is 10.2 Å². The number of carboxylic acids is 2. The molecule has 0 saturated heterocycles. The number of azo groups is 1. The summed E-state index contributed by atoms with van der Waals surface area (Å²) in [6, 6.07) is 0. The second kappa shape index (κ2) is 3.73. The van der Waals surface area contributed by atoms with Gasteiger partial charge in [-0.15, -0.1) is 0 Å². The van der Waals surface area contributed by atoms with Crippen molar-refractivity contribution in [3.63, 3.8) is 0 Å². The van der Waals surface area contributed by atoms with E-state index >= 15 is 0 Å². The van der Waals surface area contributed by atoms with Gasteiger partial charge in [0.05, 0.1) is 0 Å². The fourth-order valence-corrected chi connectivity index (χ4v) is 0.336. The van der Waals surface area contributed by atoms with E-state index in [1.165, 1.54) is 27.7 Å². The van der Waals surface area contributed by atoms with Gasteiger partial charge in [0.15, 0.2) is 11.1 Å². The highest BCUT2D eigenvalue weighted by atomic mass is 16.4. The molecule has 0 atom stereocenters. The third-order valence-corrected chi connectivity index (χ3v) is 1.60. The molecule has 0 aromatic rings. The minimum atomic E-state index is -1.40. The molecule has 0 spiro atoms. The SMILES string of the molecule is CC(C)(N=NC(C)(C)C(=O)O)C(=O)O. The first-order chi connectivity index (χ1) is 6.09. The van der Waals surface area contributed by atoms with Crippen LogP contribution in [0.5, 0.6) is 0 Å². The van der Waals surface area contributed by atoms with Crippen LogP contribution in [0.3, 0.4) is 0 Å². The molecule has 0 heterocycles. The normalized spacial score (nSPS) is 13.1. The van der Waals surface area contributed by atoms with Gasteiger partial charge in [-0.1, -0.05) is 0 Å². The monoisotopic (exact) mass is 202 g/mol. The van der Waals surface area contributed by atoms with Gasteiger partial charge in [-0.05, 0) is 27.7 Å². The zero-order valence-corrected chi connectivity index (χ0v) is 8.61. The fraction of sp³-hybridized carbons (Fsp3) is 0.750. The molecule has 0 aliphatic rings. The standard InChI is InChI=1S/C8H14N2O4/c1-7(2,5(11)12)9-10-8(3,4)6(13)14/h1-4H3,(H,11,12)(H,13,14). The zero-order valence-electron chi connectivity index (χ0n) is 8.61. The van der Waals surface area contributed by atoms with E-state index < -0.39 is 23.0 Å². The quantitative estimate of drug-likeness (QED) is 0.668. The molecule has 0 aliphatic carbocycles. The predicted molar refractivity (Wildman–Crippen MR) is 48.3 cm³/mol. The summed E-state index contributed by atoms with van der Waals surface area (Å²) in [5, 5.41) is 24.3. The molecular weight excluding hydrogens is 188 g/mol. The molecule has 0 radical (unpaired) electrons. The van der Waals surface area contributed by atoms with Gasteiger partial charge in [0, 0.05) is 0 Å². The fourth-order valence-electron chi connectivity index (χ4n) is 0.336. The van der Waals surface area contributed by atoms with Crippen LogP contribution in [0.15, 0.2) is 10.2 Å². The molecule has 0 aliphatic heterocycles. The van der Waals surface area contributed by atoms with Crippen LogP contribution in [0.1, 0.15) is 27.7 Å². The highest BCUT2D eigenvalue weighted by Gasteiger charge is 2.31. The smallest absolute Gasteiger partial charge is 0.332 e. The molecule has 0 amide bonds. The van der Waals surface area contributed by atoms with Gasteiger partial charge in [0.25, 0.3) is 0 Å². The van der Waals surface area contributed by atoms with Crippen molar-refractivity contribution in [2.24, 2.45) is 10.2 Å². The first-order valence-corrected chi connectivity index (χ1v) is 4.00. The number of hydrogen-bond acceptors (Lipinski definition) is 4. The molecule has 6 nitrogen and oxygen atoms in total. The summed E-state index contributed by atoms with van der Waals surface area (Å²) in [4.78, 5) is 21.2. The lowest BCUT2D eigenvalue weighted by Crippen LogP contribution is -2.32. The summed E-state index contributed by atoms with van der Waals surface area (Å²) in [5.74, 6) is -2.30. The van der Waals surface area contributed by atoms with E-state index in [1.54, 1.807) is 0 Å². The summed E-state index contributed by atoms with van der Waals surface area (Å²) < 4.78 is 0. The Bertz CT molecular complexity index is 253. The van der Waals surface area contributed by atoms with Crippen LogP contribution >= 0.6 is 0 Å². The molecule has 14 heavy (non-hydrogen) atoms. The minimum Gasteiger partial charge on any atom is -0.479 e. The molecule has 0 aromatic carbocycles. The summed E-state index contributed by atoms with van der Waals surface area (Å²) in [5.41, 5.74) is -2.79. The van der Waals surface area contributed by atoms with Crippen LogP contribution in [0, 0.1) is 0 Å². The Morgan fingerprint density at radius 3 is 1.21 bits per heavy atom. The first-order valence-electron chi connectivity index (χ1n) is 4.00. The lowest BCUT2D eigenvalue weighted by atomic mass is 10.1. The third-order valence-electron chi connectivity index (χ3n) is 1.60. The van der Waals surface area contributed by atoms with E-state index in [9.17, 15) is 9.59 Å². The Kier molecular flexibility index (Phi) is 3.34. The lowest BCUT2D eigenvalue weighted by molar-refractivity contribution is -0.144. The van der Waals surface area contributed by atoms with Crippen molar-refractivity contribution in [1.82, 2.24) is 0 Å². The largest absolute Gasteiger partial charge is 0.479 e. The molecule has 0 bridgehead atoms. The van der Waals surface area contributed by atoms with Gasteiger partial charge < -0.3 is 10.2 Å². The van der Waals surface area contributed by atoms with Crippen molar-refractivity contribution >= 4 is 11.9 Å². The first kappa shape index (κ1) is 12.5. The van der Waals surface area contributed by atoms with Gasteiger partial charge in [-0.3, -0.25) is 0 Å². The van der Waals surface area contributed by atoms with Gasteiger partial charge in [0.1, 0.15) is 0 Å². The predicted octanol–water partition coefficient (Wildman–Crippen LogP) is 1.17. The van der Waals surface area contributed by atoms with Crippen LogP contribution in [0.4, 0.5) is 0 Å². The van der Waals surface area contributed by atoms with Crippen molar-refractivity contribution in [3.8, 4) is 0 Å². The van der Waals surface area contributed by atoms with Crippen LogP contribution in [-0.2, 0) is 9.59 Å². The maximum Gasteiger partial charge on any atom is 0.332 e. The summed E-state index contributed by atoms with van der Waals surface area (Å²) in [7, 11) is 0. The summed E-state index contributed by atoms with van der Waals surface area (Å²) >= 11 is 0. The van der Waals surface area contributed by atoms with Gasteiger partial charge in [-0.2, -0.15) is 10.2 Å².